The van der Waals surface area contributed by atoms with Crippen LogP contribution in [-0.4, -0.2) is 23.1 Å². The fourth-order valence-corrected chi connectivity index (χ4v) is 5.07. The lowest BCUT2D eigenvalue weighted by Gasteiger charge is -2.29. The van der Waals surface area contributed by atoms with Crippen LogP contribution in [-0.2, 0) is 0 Å². The second-order valence-electron chi connectivity index (χ2n) is 6.06. The molecule has 0 amide bonds. The van der Waals surface area contributed by atoms with Crippen molar-refractivity contribution in [2.45, 2.75) is 56.2 Å². The maximum atomic E-state index is 3.87. The van der Waals surface area contributed by atoms with Gasteiger partial charge in [-0.1, -0.05) is 6.42 Å². The van der Waals surface area contributed by atoms with Crippen LogP contribution < -0.4 is 5.32 Å². The van der Waals surface area contributed by atoms with Crippen molar-refractivity contribution in [1.82, 2.24) is 5.32 Å². The van der Waals surface area contributed by atoms with Crippen molar-refractivity contribution in [1.29, 1.82) is 0 Å². The summed E-state index contributed by atoms with van der Waals surface area (Å²) >= 11 is 2.19. The zero-order valence-electron chi connectivity index (χ0n) is 9.80. The highest BCUT2D eigenvalue weighted by atomic mass is 32.2. The van der Waals surface area contributed by atoms with Crippen LogP contribution in [0.4, 0.5) is 0 Å². The molecule has 4 atom stereocenters. The van der Waals surface area contributed by atoms with Crippen molar-refractivity contribution in [3.05, 3.63) is 0 Å². The van der Waals surface area contributed by atoms with Crippen molar-refractivity contribution < 1.29 is 0 Å². The molecule has 3 fully saturated rings. The van der Waals surface area contributed by atoms with E-state index >= 15 is 0 Å². The van der Waals surface area contributed by atoms with E-state index in [0.717, 1.165) is 17.9 Å². The SMILES string of the molecule is CC1(CNC2CC3CCC2C3)CCCS1. The third-order valence-electron chi connectivity index (χ3n) is 4.78. The van der Waals surface area contributed by atoms with Gasteiger partial charge in [-0.15, -0.1) is 0 Å². The summed E-state index contributed by atoms with van der Waals surface area (Å²) in [6.45, 7) is 3.70. The Morgan fingerprint density at radius 3 is 2.87 bits per heavy atom. The number of hydrogen-bond donors (Lipinski definition) is 1. The molecule has 1 saturated heterocycles. The maximum Gasteiger partial charge on any atom is 0.0256 e. The Morgan fingerprint density at radius 1 is 1.33 bits per heavy atom. The van der Waals surface area contributed by atoms with Crippen LogP contribution in [0.15, 0.2) is 0 Å². The molecule has 0 aromatic carbocycles. The molecule has 1 N–H and O–H groups in total. The topological polar surface area (TPSA) is 12.0 Å². The van der Waals surface area contributed by atoms with Gasteiger partial charge in [-0.05, 0) is 56.6 Å². The Balaban J connectivity index is 1.50. The molecule has 86 valence electrons. The minimum atomic E-state index is 0.557. The van der Waals surface area contributed by atoms with Crippen molar-refractivity contribution in [2.24, 2.45) is 11.8 Å². The average Bonchev–Trinajstić information content (AvgIpc) is 2.90. The van der Waals surface area contributed by atoms with E-state index in [-0.39, 0.29) is 0 Å². The molecule has 2 aliphatic carbocycles. The molecular weight excluding hydrogens is 202 g/mol. The molecule has 3 aliphatic rings. The Labute approximate surface area is 97.8 Å². The molecule has 1 aliphatic heterocycles. The molecule has 1 heterocycles. The van der Waals surface area contributed by atoms with Gasteiger partial charge in [0.05, 0.1) is 0 Å². The summed E-state index contributed by atoms with van der Waals surface area (Å²) in [5, 5.41) is 3.87. The predicted octanol–water partition coefficient (Wildman–Crippen LogP) is 3.05. The van der Waals surface area contributed by atoms with E-state index in [4.69, 9.17) is 0 Å². The summed E-state index contributed by atoms with van der Waals surface area (Å²) in [6, 6.07) is 0.877. The minimum Gasteiger partial charge on any atom is -0.312 e. The van der Waals surface area contributed by atoms with Gasteiger partial charge in [0.25, 0.3) is 0 Å². The molecule has 0 radical (unpaired) electrons. The van der Waals surface area contributed by atoms with E-state index in [1.165, 1.54) is 50.8 Å². The normalized spacial score (nSPS) is 49.0. The lowest BCUT2D eigenvalue weighted by atomic mass is 9.94. The van der Waals surface area contributed by atoms with Crippen molar-refractivity contribution >= 4 is 11.8 Å². The van der Waals surface area contributed by atoms with Crippen LogP contribution in [0.3, 0.4) is 0 Å². The average molecular weight is 225 g/mol. The molecule has 0 aromatic heterocycles. The van der Waals surface area contributed by atoms with Crippen molar-refractivity contribution in [2.75, 3.05) is 12.3 Å². The van der Waals surface area contributed by atoms with Crippen molar-refractivity contribution in [3.63, 3.8) is 0 Å². The number of nitrogens with one attached hydrogen (secondary N) is 1. The van der Waals surface area contributed by atoms with Crippen LogP contribution in [0.1, 0.15) is 45.4 Å². The van der Waals surface area contributed by atoms with Gasteiger partial charge >= 0.3 is 0 Å². The first-order valence-corrected chi connectivity index (χ1v) is 7.61. The summed E-state index contributed by atoms with van der Waals surface area (Å²) in [5.41, 5.74) is 0. The third kappa shape index (κ3) is 2.08. The highest BCUT2D eigenvalue weighted by Gasteiger charge is 2.40. The Morgan fingerprint density at radius 2 is 2.27 bits per heavy atom. The third-order valence-corrected chi connectivity index (χ3v) is 6.31. The zero-order chi connectivity index (χ0) is 10.3. The first kappa shape index (κ1) is 10.5. The molecule has 1 nitrogen and oxygen atoms in total. The van der Waals surface area contributed by atoms with Crippen LogP contribution in [0.5, 0.6) is 0 Å². The number of thioether (sulfide) groups is 1. The monoisotopic (exact) mass is 225 g/mol. The van der Waals surface area contributed by atoms with Gasteiger partial charge in [-0.25, -0.2) is 0 Å². The standard InChI is InChI=1S/C13H23NS/c1-13(5-2-6-15-13)9-14-12-8-10-3-4-11(12)7-10/h10-12,14H,2-9H2,1H3. The largest absolute Gasteiger partial charge is 0.312 e. The predicted molar refractivity (Wildman–Crippen MR) is 67.3 cm³/mol. The van der Waals surface area contributed by atoms with E-state index in [1.54, 1.807) is 0 Å². The lowest BCUT2D eigenvalue weighted by molar-refractivity contribution is 0.339. The van der Waals surface area contributed by atoms with E-state index < -0.39 is 0 Å². The lowest BCUT2D eigenvalue weighted by Crippen LogP contribution is -2.41. The smallest absolute Gasteiger partial charge is 0.0256 e. The van der Waals surface area contributed by atoms with Crippen LogP contribution in [0.25, 0.3) is 0 Å². The van der Waals surface area contributed by atoms with Gasteiger partial charge in [-0.2, -0.15) is 11.8 Å². The van der Waals surface area contributed by atoms with Crippen LogP contribution >= 0.6 is 11.8 Å². The van der Waals surface area contributed by atoms with E-state index in [9.17, 15) is 0 Å². The quantitative estimate of drug-likeness (QED) is 0.792. The summed E-state index contributed by atoms with van der Waals surface area (Å²) in [6.07, 6.45) is 8.89. The second kappa shape index (κ2) is 3.96. The fourth-order valence-electron chi connectivity index (χ4n) is 3.82. The van der Waals surface area contributed by atoms with E-state index in [1.807, 2.05) is 0 Å². The molecule has 0 spiro atoms. The van der Waals surface area contributed by atoms with E-state index in [2.05, 4.69) is 24.0 Å². The molecule has 4 unspecified atom stereocenters. The van der Waals surface area contributed by atoms with E-state index in [0.29, 0.717) is 4.75 Å². The minimum absolute atomic E-state index is 0.557. The van der Waals surface area contributed by atoms with Gasteiger partial charge in [-0.3, -0.25) is 0 Å². The van der Waals surface area contributed by atoms with Gasteiger partial charge in [0.2, 0.25) is 0 Å². The highest BCUT2D eigenvalue weighted by molar-refractivity contribution is 8.00. The highest BCUT2D eigenvalue weighted by Crippen LogP contribution is 2.45. The van der Waals surface area contributed by atoms with Gasteiger partial charge in [0, 0.05) is 17.3 Å². The number of fused-ring (bicyclic) bond motifs is 2. The summed E-state index contributed by atoms with van der Waals surface area (Å²) in [4.78, 5) is 0. The number of hydrogen-bond acceptors (Lipinski definition) is 2. The molecule has 2 heteroatoms. The van der Waals surface area contributed by atoms with Gasteiger partial charge in [0.1, 0.15) is 0 Å². The second-order valence-corrected chi connectivity index (χ2v) is 7.75. The molecular formula is C13H23NS. The summed E-state index contributed by atoms with van der Waals surface area (Å²) < 4.78 is 0.557. The van der Waals surface area contributed by atoms with Crippen LogP contribution in [0, 0.1) is 11.8 Å². The van der Waals surface area contributed by atoms with Crippen molar-refractivity contribution in [3.8, 4) is 0 Å². The van der Waals surface area contributed by atoms with Crippen LogP contribution in [0.2, 0.25) is 0 Å². The Bertz CT molecular complexity index is 235. The fraction of sp³-hybridized carbons (Fsp3) is 1.00. The maximum absolute atomic E-state index is 3.87. The molecule has 2 bridgehead atoms. The first-order valence-electron chi connectivity index (χ1n) is 6.62. The molecule has 0 aromatic rings. The van der Waals surface area contributed by atoms with Gasteiger partial charge in [0.15, 0.2) is 0 Å². The Hall–Kier alpha value is 0.310. The molecule has 2 saturated carbocycles. The van der Waals surface area contributed by atoms with Gasteiger partial charge < -0.3 is 5.32 Å². The summed E-state index contributed by atoms with van der Waals surface area (Å²) in [7, 11) is 0. The zero-order valence-corrected chi connectivity index (χ0v) is 10.6. The molecule has 3 rings (SSSR count). The Kier molecular flexibility index (Phi) is 2.76. The first-order chi connectivity index (χ1) is 7.25. The summed E-state index contributed by atoms with van der Waals surface area (Å²) in [5.74, 6) is 3.50. The number of rotatable bonds is 3. The molecule has 15 heavy (non-hydrogen) atoms.